The highest BCUT2D eigenvalue weighted by molar-refractivity contribution is 7.92. The molecule has 34 heavy (non-hydrogen) atoms. The summed E-state index contributed by atoms with van der Waals surface area (Å²) in [6.45, 7) is 2.31. The van der Waals surface area contributed by atoms with E-state index in [1.54, 1.807) is 30.3 Å². The largest absolute Gasteiger partial charge is 0.392 e. The van der Waals surface area contributed by atoms with Gasteiger partial charge in [0.05, 0.1) is 27.0 Å². The van der Waals surface area contributed by atoms with Crippen LogP contribution in [0.3, 0.4) is 0 Å². The number of hydrogen-bond acceptors (Lipinski definition) is 5. The number of carbonyl (C=O) groups is 1. The summed E-state index contributed by atoms with van der Waals surface area (Å²) in [5.41, 5.74) is 1.79. The number of nitrogens with one attached hydrogen (secondary N) is 3. The van der Waals surface area contributed by atoms with Crippen LogP contribution in [0.1, 0.15) is 18.4 Å². The fraction of sp³-hybridized carbons (Fsp3) is 0.273. The Morgan fingerprint density at radius 3 is 2.47 bits per heavy atom. The van der Waals surface area contributed by atoms with Crippen LogP contribution in [-0.4, -0.2) is 52.4 Å². The van der Waals surface area contributed by atoms with Crippen molar-refractivity contribution in [2.45, 2.75) is 29.6 Å². The molecule has 0 saturated carbocycles. The van der Waals surface area contributed by atoms with E-state index >= 15 is 0 Å². The van der Waals surface area contributed by atoms with Crippen LogP contribution >= 0.6 is 11.6 Å². The molecule has 12 heteroatoms. The second kappa shape index (κ2) is 9.05. The minimum atomic E-state index is -3.98. The monoisotopic (exact) mass is 523 g/mol. The SMILES string of the molecule is Cc1ccc(NS(=O)(=O)c2ccc(S(=O)(=O)/[NH+]=C\C3CCC(=O)N(C)C3)cc2)c2[nH]cc(Cl)c12. The van der Waals surface area contributed by atoms with E-state index in [0.29, 0.717) is 35.6 Å². The molecule has 1 unspecified atom stereocenters. The highest BCUT2D eigenvalue weighted by atomic mass is 35.5. The first-order chi connectivity index (χ1) is 16.0. The number of rotatable bonds is 6. The number of sulfonamides is 2. The van der Waals surface area contributed by atoms with Gasteiger partial charge in [-0.05, 0) is 49.2 Å². The zero-order chi connectivity index (χ0) is 24.7. The maximum atomic E-state index is 12.9. The number of halogens is 1. The van der Waals surface area contributed by atoms with Crippen LogP contribution in [-0.2, 0) is 24.8 Å². The van der Waals surface area contributed by atoms with E-state index in [0.717, 1.165) is 10.9 Å². The third-order valence-corrected chi connectivity index (χ3v) is 8.83. The molecule has 1 aliphatic heterocycles. The lowest BCUT2D eigenvalue weighted by Gasteiger charge is -2.25. The summed E-state index contributed by atoms with van der Waals surface area (Å²) < 4.78 is 56.1. The smallest absolute Gasteiger partial charge is 0.358 e. The van der Waals surface area contributed by atoms with Crippen molar-refractivity contribution >= 4 is 60.4 Å². The topological polar surface area (TPSA) is 130 Å². The summed E-state index contributed by atoms with van der Waals surface area (Å²) in [6.07, 6.45) is 3.98. The molecule has 1 amide bonds. The average Bonchev–Trinajstić information content (AvgIpc) is 3.19. The predicted octanol–water partition coefficient (Wildman–Crippen LogP) is 1.64. The number of carbonyl (C=O) groups excluding carboxylic acids is 1. The van der Waals surface area contributed by atoms with Gasteiger partial charge in [-0.3, -0.25) is 9.52 Å². The van der Waals surface area contributed by atoms with Crippen LogP contribution in [0.2, 0.25) is 5.02 Å². The summed E-state index contributed by atoms with van der Waals surface area (Å²) in [7, 11) is -6.19. The minimum absolute atomic E-state index is 0.0312. The first kappa shape index (κ1) is 24.2. The molecule has 0 radical (unpaired) electrons. The summed E-state index contributed by atoms with van der Waals surface area (Å²) >= 11 is 6.20. The average molecular weight is 524 g/mol. The fourth-order valence-corrected chi connectivity index (χ4v) is 6.27. The Morgan fingerprint density at radius 1 is 1.12 bits per heavy atom. The number of likely N-dealkylation sites (tertiary alicyclic amines) is 1. The molecule has 2 aromatic carbocycles. The van der Waals surface area contributed by atoms with E-state index in [4.69, 9.17) is 11.6 Å². The first-order valence-electron chi connectivity index (χ1n) is 10.5. The van der Waals surface area contributed by atoms with Gasteiger partial charge in [-0.1, -0.05) is 17.7 Å². The van der Waals surface area contributed by atoms with Gasteiger partial charge in [0.25, 0.3) is 10.0 Å². The van der Waals surface area contributed by atoms with Crippen LogP contribution in [0.25, 0.3) is 10.9 Å². The molecule has 0 spiro atoms. The van der Waals surface area contributed by atoms with Gasteiger partial charge in [-0.15, -0.1) is 4.40 Å². The van der Waals surface area contributed by atoms with Crippen LogP contribution in [0.15, 0.2) is 52.4 Å². The Balaban J connectivity index is 1.53. The summed E-state index contributed by atoms with van der Waals surface area (Å²) in [5.74, 6) is -0.0715. The molecule has 1 saturated heterocycles. The van der Waals surface area contributed by atoms with Crippen LogP contribution < -0.4 is 9.12 Å². The molecular formula is C22H24ClN4O5S2+. The number of nitrogens with zero attached hydrogens (tertiary/aromatic N) is 1. The summed E-state index contributed by atoms with van der Waals surface area (Å²) in [6, 6.07) is 8.33. The number of amides is 1. The summed E-state index contributed by atoms with van der Waals surface area (Å²) in [5, 5.41) is 1.21. The van der Waals surface area contributed by atoms with Crippen molar-refractivity contribution in [1.82, 2.24) is 9.88 Å². The number of aromatic nitrogens is 1. The van der Waals surface area contributed by atoms with E-state index < -0.39 is 20.0 Å². The van der Waals surface area contributed by atoms with Crippen molar-refractivity contribution in [1.29, 1.82) is 0 Å². The van der Waals surface area contributed by atoms with Gasteiger partial charge in [0, 0.05) is 31.6 Å². The predicted molar refractivity (Wildman–Crippen MR) is 130 cm³/mol. The molecule has 0 aliphatic carbocycles. The zero-order valence-corrected chi connectivity index (χ0v) is 20.9. The second-order valence-corrected chi connectivity index (χ2v) is 12.1. The number of fused-ring (bicyclic) bond motifs is 1. The second-order valence-electron chi connectivity index (χ2n) is 8.25. The lowest BCUT2D eigenvalue weighted by atomic mass is 10.00. The first-order valence-corrected chi connectivity index (χ1v) is 13.8. The van der Waals surface area contributed by atoms with Crippen LogP contribution in [0.5, 0.6) is 0 Å². The van der Waals surface area contributed by atoms with Gasteiger partial charge in [-0.25, -0.2) is 8.42 Å². The molecule has 2 heterocycles. The Bertz CT molecular complexity index is 1500. The highest BCUT2D eigenvalue weighted by Gasteiger charge is 2.26. The maximum absolute atomic E-state index is 12.9. The number of aryl methyl sites for hydroxylation is 1. The highest BCUT2D eigenvalue weighted by Crippen LogP contribution is 2.32. The Hall–Kier alpha value is -2.89. The third-order valence-electron chi connectivity index (χ3n) is 5.81. The van der Waals surface area contributed by atoms with E-state index in [9.17, 15) is 21.6 Å². The van der Waals surface area contributed by atoms with Gasteiger partial charge in [0.1, 0.15) is 4.90 Å². The number of H-pyrrole nitrogens is 1. The van der Waals surface area contributed by atoms with Crippen molar-refractivity contribution in [2.75, 3.05) is 18.3 Å². The molecule has 1 aliphatic rings. The molecule has 0 bridgehead atoms. The van der Waals surface area contributed by atoms with Gasteiger partial charge >= 0.3 is 10.0 Å². The van der Waals surface area contributed by atoms with Gasteiger partial charge in [0.15, 0.2) is 6.21 Å². The number of hydrogen-bond donors (Lipinski definition) is 3. The van der Waals surface area contributed by atoms with Crippen molar-refractivity contribution in [3.63, 3.8) is 0 Å². The summed E-state index contributed by atoms with van der Waals surface area (Å²) in [4.78, 5) is 16.0. The fourth-order valence-electron chi connectivity index (χ4n) is 3.89. The maximum Gasteiger partial charge on any atom is 0.392 e. The van der Waals surface area contributed by atoms with E-state index in [2.05, 4.69) is 14.1 Å². The van der Waals surface area contributed by atoms with E-state index in [-0.39, 0.29) is 21.6 Å². The van der Waals surface area contributed by atoms with Gasteiger partial charge < -0.3 is 9.88 Å². The van der Waals surface area contributed by atoms with Crippen molar-refractivity contribution < 1.29 is 26.0 Å². The molecule has 3 N–H and O–H groups in total. The molecule has 4 rings (SSSR count). The van der Waals surface area contributed by atoms with E-state index in [1.807, 2.05) is 6.92 Å². The quantitative estimate of drug-likeness (QED) is 0.423. The molecule has 1 aromatic heterocycles. The Kier molecular flexibility index (Phi) is 6.45. The number of aromatic amines is 1. The normalized spacial score (nSPS) is 17.6. The van der Waals surface area contributed by atoms with Crippen molar-refractivity contribution in [2.24, 2.45) is 5.92 Å². The Labute approximate surface area is 202 Å². The molecule has 3 aromatic rings. The zero-order valence-electron chi connectivity index (χ0n) is 18.5. The molecule has 180 valence electrons. The van der Waals surface area contributed by atoms with Crippen LogP contribution in [0.4, 0.5) is 5.69 Å². The van der Waals surface area contributed by atoms with Crippen molar-refractivity contribution in [3.8, 4) is 0 Å². The minimum Gasteiger partial charge on any atom is -0.358 e. The lowest BCUT2D eigenvalue weighted by molar-refractivity contribution is -0.265. The third kappa shape index (κ3) is 4.82. The Morgan fingerprint density at radius 2 is 1.79 bits per heavy atom. The number of benzene rings is 2. The number of piperidine rings is 1. The van der Waals surface area contributed by atoms with E-state index in [1.165, 1.54) is 30.5 Å². The van der Waals surface area contributed by atoms with Crippen LogP contribution in [0, 0.1) is 12.8 Å². The molecular weight excluding hydrogens is 500 g/mol. The van der Waals surface area contributed by atoms with Gasteiger partial charge in [0.2, 0.25) is 5.91 Å². The molecule has 1 fully saturated rings. The van der Waals surface area contributed by atoms with Crippen molar-refractivity contribution in [3.05, 3.63) is 53.2 Å². The lowest BCUT2D eigenvalue weighted by Crippen LogP contribution is -2.74. The molecule has 1 atom stereocenters. The van der Waals surface area contributed by atoms with Gasteiger partial charge in [-0.2, -0.15) is 8.42 Å². The standard InChI is InChI=1S/C22H23ClN4O5S2/c1-14-3-9-19(22-21(14)18(23)12-24-22)26-34(31,32)17-7-5-16(6-8-17)33(29,30)25-11-15-4-10-20(28)27(2)13-15/h3,5-9,11-12,15,24,26H,4,10,13H2,1-2H3/p+1/b25-11-. The number of anilines is 1. The molecule has 9 nitrogen and oxygen atoms in total.